The van der Waals surface area contributed by atoms with E-state index < -0.39 is 22.7 Å². The van der Waals surface area contributed by atoms with Gasteiger partial charge < -0.3 is 5.32 Å². The Hall–Kier alpha value is -0.640. The Morgan fingerprint density at radius 3 is 2.38 bits per heavy atom. The Bertz CT molecular complexity index is 591. The minimum atomic E-state index is -4.58. The zero-order valence-corrected chi connectivity index (χ0v) is 13.9. The van der Waals surface area contributed by atoms with Crippen LogP contribution in [0.4, 0.5) is 13.2 Å². The molecule has 0 saturated heterocycles. The van der Waals surface area contributed by atoms with Crippen LogP contribution in [0.3, 0.4) is 0 Å². The van der Waals surface area contributed by atoms with E-state index in [1.54, 1.807) is 19.2 Å². The highest BCUT2D eigenvalue weighted by Gasteiger charge is 2.36. The summed E-state index contributed by atoms with van der Waals surface area (Å²) in [4.78, 5) is -0.173. The summed E-state index contributed by atoms with van der Waals surface area (Å²) >= 11 is 3.12. The molecule has 0 aliphatic heterocycles. The van der Waals surface area contributed by atoms with Crippen molar-refractivity contribution in [3.63, 3.8) is 0 Å². The molecule has 1 aromatic carbocycles. The summed E-state index contributed by atoms with van der Waals surface area (Å²) < 4.78 is 62.7. The standard InChI is InChI=1S/C12H16BrF3N2O2S/c1-3-18(8-12(14,15)16)21(19,20)11-5-4-9(7-17-2)6-10(11)13/h4-6,17H,3,7-8H2,1-2H3. The maximum absolute atomic E-state index is 12.5. The van der Waals surface area contributed by atoms with E-state index >= 15 is 0 Å². The molecule has 0 atom stereocenters. The molecule has 21 heavy (non-hydrogen) atoms. The number of nitrogens with zero attached hydrogens (tertiary/aromatic N) is 1. The van der Waals surface area contributed by atoms with Crippen LogP contribution in [0, 0.1) is 0 Å². The summed E-state index contributed by atoms with van der Waals surface area (Å²) in [6.45, 7) is 0.134. The summed E-state index contributed by atoms with van der Waals surface area (Å²) in [5, 5.41) is 2.90. The van der Waals surface area contributed by atoms with Crippen LogP contribution in [0.2, 0.25) is 0 Å². The summed E-state index contributed by atoms with van der Waals surface area (Å²) in [5.41, 5.74) is 0.821. The van der Waals surface area contributed by atoms with E-state index in [1.807, 2.05) is 0 Å². The van der Waals surface area contributed by atoms with Gasteiger partial charge in [-0.15, -0.1) is 0 Å². The van der Waals surface area contributed by atoms with Crippen molar-refractivity contribution >= 4 is 26.0 Å². The van der Waals surface area contributed by atoms with Gasteiger partial charge in [-0.05, 0) is 40.7 Å². The van der Waals surface area contributed by atoms with E-state index in [2.05, 4.69) is 21.2 Å². The van der Waals surface area contributed by atoms with Crippen molar-refractivity contribution in [2.45, 2.75) is 24.5 Å². The fraction of sp³-hybridized carbons (Fsp3) is 0.500. The van der Waals surface area contributed by atoms with Crippen molar-refractivity contribution in [2.75, 3.05) is 20.1 Å². The van der Waals surface area contributed by atoms with E-state index in [-0.39, 0.29) is 15.9 Å². The third-order valence-corrected chi connectivity index (χ3v) is 5.60. The zero-order chi connectivity index (χ0) is 16.3. The predicted molar refractivity (Wildman–Crippen MR) is 77.4 cm³/mol. The maximum Gasteiger partial charge on any atom is 0.402 e. The Balaban J connectivity index is 3.17. The largest absolute Gasteiger partial charge is 0.402 e. The van der Waals surface area contributed by atoms with Gasteiger partial charge in [0.25, 0.3) is 0 Å². The average Bonchev–Trinajstić information content (AvgIpc) is 2.35. The Morgan fingerprint density at radius 2 is 1.95 bits per heavy atom. The lowest BCUT2D eigenvalue weighted by Crippen LogP contribution is -2.38. The Morgan fingerprint density at radius 1 is 1.33 bits per heavy atom. The van der Waals surface area contributed by atoms with E-state index in [9.17, 15) is 21.6 Å². The molecule has 0 amide bonds. The Labute approximate surface area is 130 Å². The molecule has 1 rings (SSSR count). The molecule has 4 nitrogen and oxygen atoms in total. The second-order valence-electron chi connectivity index (χ2n) is 4.34. The van der Waals surface area contributed by atoms with Gasteiger partial charge in [0.2, 0.25) is 10.0 Å². The van der Waals surface area contributed by atoms with E-state index in [0.717, 1.165) is 5.56 Å². The van der Waals surface area contributed by atoms with Crippen LogP contribution in [0.25, 0.3) is 0 Å². The normalized spacial score (nSPS) is 12.9. The molecule has 0 fully saturated rings. The first-order chi connectivity index (χ1) is 9.61. The molecule has 0 heterocycles. The SMILES string of the molecule is CCN(CC(F)(F)F)S(=O)(=O)c1ccc(CNC)cc1Br. The van der Waals surface area contributed by atoms with Crippen LogP contribution in [0.15, 0.2) is 27.6 Å². The molecule has 1 N–H and O–H groups in total. The third kappa shape index (κ3) is 4.94. The predicted octanol–water partition coefficient (Wildman–Crippen LogP) is 2.74. The molecular formula is C12H16BrF3N2O2S. The van der Waals surface area contributed by atoms with Gasteiger partial charge in [-0.25, -0.2) is 8.42 Å². The van der Waals surface area contributed by atoms with Crippen LogP contribution >= 0.6 is 15.9 Å². The molecule has 120 valence electrons. The van der Waals surface area contributed by atoms with Gasteiger partial charge in [0.15, 0.2) is 0 Å². The molecule has 0 radical (unpaired) electrons. The fourth-order valence-electron chi connectivity index (χ4n) is 1.77. The highest BCUT2D eigenvalue weighted by Crippen LogP contribution is 2.28. The van der Waals surface area contributed by atoms with Crippen molar-refractivity contribution in [3.05, 3.63) is 28.2 Å². The van der Waals surface area contributed by atoms with Gasteiger partial charge in [0, 0.05) is 17.6 Å². The molecule has 0 aliphatic carbocycles. The van der Waals surface area contributed by atoms with Gasteiger partial charge in [0.1, 0.15) is 6.54 Å². The third-order valence-electron chi connectivity index (χ3n) is 2.70. The van der Waals surface area contributed by atoms with E-state index in [4.69, 9.17) is 0 Å². The minimum Gasteiger partial charge on any atom is -0.316 e. The molecule has 1 aromatic rings. The van der Waals surface area contributed by atoms with Crippen LogP contribution < -0.4 is 5.32 Å². The topological polar surface area (TPSA) is 49.4 Å². The number of alkyl halides is 3. The number of hydrogen-bond donors (Lipinski definition) is 1. The van der Waals surface area contributed by atoms with Crippen molar-refractivity contribution in [1.82, 2.24) is 9.62 Å². The fourth-order valence-corrected chi connectivity index (χ4v) is 4.29. The first-order valence-electron chi connectivity index (χ1n) is 6.11. The molecule has 0 saturated carbocycles. The lowest BCUT2D eigenvalue weighted by molar-refractivity contribution is -0.135. The molecule has 0 unspecified atom stereocenters. The number of hydrogen-bond acceptors (Lipinski definition) is 3. The van der Waals surface area contributed by atoms with Gasteiger partial charge >= 0.3 is 6.18 Å². The van der Waals surface area contributed by atoms with Crippen LogP contribution in [0.1, 0.15) is 12.5 Å². The van der Waals surface area contributed by atoms with Crippen molar-refractivity contribution < 1.29 is 21.6 Å². The lowest BCUT2D eigenvalue weighted by atomic mass is 10.2. The van der Waals surface area contributed by atoms with E-state index in [0.29, 0.717) is 10.8 Å². The summed E-state index contributed by atoms with van der Waals surface area (Å²) in [5.74, 6) is 0. The highest BCUT2D eigenvalue weighted by atomic mass is 79.9. The van der Waals surface area contributed by atoms with Gasteiger partial charge in [0.05, 0.1) is 4.90 Å². The molecule has 0 bridgehead atoms. The lowest BCUT2D eigenvalue weighted by Gasteiger charge is -2.22. The quantitative estimate of drug-likeness (QED) is 0.814. The molecule has 0 aromatic heterocycles. The highest BCUT2D eigenvalue weighted by molar-refractivity contribution is 9.10. The van der Waals surface area contributed by atoms with Crippen molar-refractivity contribution in [1.29, 1.82) is 0 Å². The number of sulfonamides is 1. The minimum absolute atomic E-state index is 0.173. The summed E-state index contributed by atoms with van der Waals surface area (Å²) in [6, 6.07) is 4.45. The van der Waals surface area contributed by atoms with Crippen LogP contribution in [-0.4, -0.2) is 39.0 Å². The number of benzene rings is 1. The van der Waals surface area contributed by atoms with Gasteiger partial charge in [-0.1, -0.05) is 13.0 Å². The molecule has 0 spiro atoms. The Kier molecular flexibility index (Phi) is 6.21. The first-order valence-corrected chi connectivity index (χ1v) is 8.35. The van der Waals surface area contributed by atoms with Crippen LogP contribution in [-0.2, 0) is 16.6 Å². The maximum atomic E-state index is 12.5. The van der Waals surface area contributed by atoms with Crippen LogP contribution in [0.5, 0.6) is 0 Å². The smallest absolute Gasteiger partial charge is 0.316 e. The van der Waals surface area contributed by atoms with Gasteiger partial charge in [-0.3, -0.25) is 0 Å². The second kappa shape index (κ2) is 7.08. The monoisotopic (exact) mass is 388 g/mol. The zero-order valence-electron chi connectivity index (χ0n) is 11.5. The van der Waals surface area contributed by atoms with E-state index in [1.165, 1.54) is 13.0 Å². The van der Waals surface area contributed by atoms with Crippen molar-refractivity contribution in [3.8, 4) is 0 Å². The molecule has 0 aliphatic rings. The number of nitrogens with one attached hydrogen (secondary N) is 1. The van der Waals surface area contributed by atoms with Crippen molar-refractivity contribution in [2.24, 2.45) is 0 Å². The average molecular weight is 389 g/mol. The molecule has 9 heteroatoms. The molecular weight excluding hydrogens is 373 g/mol. The summed E-state index contributed by atoms with van der Waals surface area (Å²) in [7, 11) is -2.46. The number of rotatable bonds is 6. The van der Waals surface area contributed by atoms with Gasteiger partial charge in [-0.2, -0.15) is 17.5 Å². The summed E-state index contributed by atoms with van der Waals surface area (Å²) in [6.07, 6.45) is -4.58. The first kappa shape index (κ1) is 18.4. The number of halogens is 4. The second-order valence-corrected chi connectivity index (χ2v) is 7.10.